The van der Waals surface area contributed by atoms with Crippen molar-refractivity contribution in [2.75, 3.05) is 18.4 Å². The van der Waals surface area contributed by atoms with Gasteiger partial charge in [-0.25, -0.2) is 0 Å². The molecule has 2 aromatic carbocycles. The quantitative estimate of drug-likeness (QED) is 0.668. The molecule has 2 amide bonds. The van der Waals surface area contributed by atoms with Crippen molar-refractivity contribution >= 4 is 28.4 Å². The summed E-state index contributed by atoms with van der Waals surface area (Å²) in [5.74, 6) is 0.382. The number of nitrogens with zero attached hydrogens (tertiary/aromatic N) is 1. The summed E-state index contributed by atoms with van der Waals surface area (Å²) in [5.41, 5.74) is 4.56. The van der Waals surface area contributed by atoms with Gasteiger partial charge in [0.05, 0.1) is 5.69 Å². The highest BCUT2D eigenvalue weighted by atomic mass is 16.2. The van der Waals surface area contributed by atoms with E-state index in [1.807, 2.05) is 55.1 Å². The molecule has 0 spiro atoms. The first-order chi connectivity index (χ1) is 13.9. The average Bonchev–Trinajstić information content (AvgIpc) is 3.05. The van der Waals surface area contributed by atoms with Crippen molar-refractivity contribution in [2.24, 2.45) is 5.92 Å². The van der Waals surface area contributed by atoms with Crippen LogP contribution in [0.3, 0.4) is 0 Å². The molecular formula is C24H27N3O2. The first-order valence-corrected chi connectivity index (χ1v) is 10.2. The molecule has 0 atom stereocenters. The Kier molecular flexibility index (Phi) is 5.14. The Bertz CT molecular complexity index is 1070. The Labute approximate surface area is 171 Å². The molecule has 0 aliphatic carbocycles. The Balaban J connectivity index is 1.72. The Morgan fingerprint density at radius 1 is 1.03 bits per heavy atom. The smallest absolute Gasteiger partial charge is 0.272 e. The van der Waals surface area contributed by atoms with E-state index in [1.165, 1.54) is 0 Å². The number of rotatable bonds is 3. The molecule has 29 heavy (non-hydrogen) atoms. The average molecular weight is 389 g/mol. The molecule has 2 heterocycles. The lowest BCUT2D eigenvalue weighted by Crippen LogP contribution is -2.38. The highest BCUT2D eigenvalue weighted by Crippen LogP contribution is 2.31. The van der Waals surface area contributed by atoms with E-state index in [1.54, 1.807) is 6.07 Å². The van der Waals surface area contributed by atoms with Crippen molar-refractivity contribution < 1.29 is 9.59 Å². The van der Waals surface area contributed by atoms with Crippen LogP contribution >= 0.6 is 0 Å². The third-order valence-electron chi connectivity index (χ3n) is 5.76. The van der Waals surface area contributed by atoms with E-state index >= 15 is 0 Å². The van der Waals surface area contributed by atoms with Crippen molar-refractivity contribution in [1.82, 2.24) is 9.88 Å². The van der Waals surface area contributed by atoms with Crippen LogP contribution in [-0.4, -0.2) is 34.8 Å². The summed E-state index contributed by atoms with van der Waals surface area (Å²) in [6.45, 7) is 7.69. The van der Waals surface area contributed by atoms with Gasteiger partial charge in [-0.2, -0.15) is 0 Å². The molecule has 5 heteroatoms. The second kappa shape index (κ2) is 7.74. The maximum Gasteiger partial charge on any atom is 0.272 e. The summed E-state index contributed by atoms with van der Waals surface area (Å²) < 4.78 is 0. The number of benzene rings is 2. The van der Waals surface area contributed by atoms with Crippen LogP contribution < -0.4 is 5.32 Å². The highest BCUT2D eigenvalue weighted by Gasteiger charge is 2.27. The van der Waals surface area contributed by atoms with Gasteiger partial charge in [-0.1, -0.05) is 36.2 Å². The molecule has 0 unspecified atom stereocenters. The second-order valence-corrected chi connectivity index (χ2v) is 8.22. The third-order valence-corrected chi connectivity index (χ3v) is 5.76. The topological polar surface area (TPSA) is 65.2 Å². The van der Waals surface area contributed by atoms with Gasteiger partial charge in [0.1, 0.15) is 5.69 Å². The Morgan fingerprint density at radius 3 is 2.48 bits per heavy atom. The maximum absolute atomic E-state index is 13.3. The van der Waals surface area contributed by atoms with Crippen LogP contribution in [-0.2, 0) is 0 Å². The molecule has 1 aliphatic rings. The van der Waals surface area contributed by atoms with Crippen molar-refractivity contribution in [1.29, 1.82) is 0 Å². The first kappa shape index (κ1) is 19.2. The van der Waals surface area contributed by atoms with E-state index in [0.29, 0.717) is 22.9 Å². The molecule has 1 saturated heterocycles. The number of amides is 2. The summed E-state index contributed by atoms with van der Waals surface area (Å²) in [6.07, 6.45) is 2.02. The van der Waals surface area contributed by atoms with Gasteiger partial charge in [0, 0.05) is 29.6 Å². The molecule has 3 aromatic rings. The second-order valence-electron chi connectivity index (χ2n) is 8.22. The van der Waals surface area contributed by atoms with E-state index in [2.05, 4.69) is 17.2 Å². The lowest BCUT2D eigenvalue weighted by molar-refractivity contribution is 0.0693. The van der Waals surface area contributed by atoms with Crippen LogP contribution in [0.2, 0.25) is 0 Å². The predicted molar refractivity (Wildman–Crippen MR) is 116 cm³/mol. The lowest BCUT2D eigenvalue weighted by Gasteiger charge is -2.30. The molecular weight excluding hydrogens is 362 g/mol. The summed E-state index contributed by atoms with van der Waals surface area (Å²) in [5, 5.41) is 3.88. The fourth-order valence-corrected chi connectivity index (χ4v) is 3.94. The molecule has 1 fully saturated rings. The number of hydrogen-bond donors (Lipinski definition) is 2. The van der Waals surface area contributed by atoms with Gasteiger partial charge in [0.25, 0.3) is 11.8 Å². The van der Waals surface area contributed by atoms with Crippen LogP contribution in [0.5, 0.6) is 0 Å². The number of carbonyl (C=O) groups excluding carboxylic acids is 2. The van der Waals surface area contributed by atoms with Gasteiger partial charge in [-0.3, -0.25) is 9.59 Å². The van der Waals surface area contributed by atoms with Crippen molar-refractivity contribution in [3.8, 4) is 0 Å². The zero-order valence-electron chi connectivity index (χ0n) is 17.2. The Morgan fingerprint density at radius 2 is 1.76 bits per heavy atom. The number of aryl methyl sites for hydroxylation is 2. The van der Waals surface area contributed by atoms with Crippen LogP contribution in [0.4, 0.5) is 5.69 Å². The number of nitrogens with one attached hydrogen (secondary N) is 2. The van der Waals surface area contributed by atoms with Crippen molar-refractivity contribution in [3.05, 3.63) is 64.8 Å². The van der Waals surface area contributed by atoms with Gasteiger partial charge in [-0.05, 0) is 56.9 Å². The fourth-order valence-electron chi connectivity index (χ4n) is 3.94. The number of fused-ring (bicyclic) bond motifs is 1. The van der Waals surface area contributed by atoms with Gasteiger partial charge in [0.15, 0.2) is 0 Å². The van der Waals surface area contributed by atoms with Crippen LogP contribution in [0.15, 0.2) is 42.5 Å². The zero-order valence-corrected chi connectivity index (χ0v) is 17.2. The zero-order chi connectivity index (χ0) is 20.5. The number of hydrogen-bond acceptors (Lipinski definition) is 2. The van der Waals surface area contributed by atoms with Gasteiger partial charge in [-0.15, -0.1) is 0 Å². The summed E-state index contributed by atoms with van der Waals surface area (Å²) >= 11 is 0. The van der Waals surface area contributed by atoms with E-state index < -0.39 is 0 Å². The van der Waals surface area contributed by atoms with Crippen LogP contribution in [0, 0.1) is 19.8 Å². The monoisotopic (exact) mass is 389 g/mol. The SMILES string of the molecule is Cc1cccc(C(=O)Nc2c(C(=O)N3CCC(C)CC3)[nH]c3ccc(C)cc23)c1. The fraction of sp³-hybridized carbons (Fsp3) is 0.333. The number of aromatic nitrogens is 1. The molecule has 150 valence electrons. The van der Waals surface area contributed by atoms with Crippen LogP contribution in [0.1, 0.15) is 51.7 Å². The minimum atomic E-state index is -0.211. The van der Waals surface area contributed by atoms with Gasteiger partial charge < -0.3 is 15.2 Å². The lowest BCUT2D eigenvalue weighted by atomic mass is 9.99. The number of anilines is 1. The van der Waals surface area contributed by atoms with E-state index in [-0.39, 0.29) is 11.8 Å². The van der Waals surface area contributed by atoms with Crippen molar-refractivity contribution in [2.45, 2.75) is 33.6 Å². The van der Waals surface area contributed by atoms with Crippen LogP contribution in [0.25, 0.3) is 10.9 Å². The molecule has 0 saturated carbocycles. The van der Waals surface area contributed by atoms with E-state index in [9.17, 15) is 9.59 Å². The number of aromatic amines is 1. The van der Waals surface area contributed by atoms with E-state index in [0.717, 1.165) is 48.0 Å². The molecule has 0 radical (unpaired) electrons. The molecule has 1 aliphatic heterocycles. The minimum absolute atomic E-state index is 0.0507. The summed E-state index contributed by atoms with van der Waals surface area (Å²) in [4.78, 5) is 31.4. The molecule has 5 nitrogen and oxygen atoms in total. The first-order valence-electron chi connectivity index (χ1n) is 10.2. The maximum atomic E-state index is 13.3. The highest BCUT2D eigenvalue weighted by molar-refractivity contribution is 6.15. The number of piperidine rings is 1. The molecule has 2 N–H and O–H groups in total. The number of H-pyrrole nitrogens is 1. The largest absolute Gasteiger partial charge is 0.349 e. The Hall–Kier alpha value is -3.08. The number of likely N-dealkylation sites (tertiary alicyclic amines) is 1. The normalized spacial score (nSPS) is 14.9. The standard InChI is InChI=1S/C24H27N3O2/c1-15-9-11-27(12-10-15)24(29)22-21(19-14-17(3)7-8-20(19)25-22)26-23(28)18-6-4-5-16(2)13-18/h4-8,13-15,25H,9-12H2,1-3H3,(H,26,28). The summed E-state index contributed by atoms with van der Waals surface area (Å²) in [6, 6.07) is 13.4. The van der Waals surface area contributed by atoms with E-state index in [4.69, 9.17) is 0 Å². The molecule has 0 bridgehead atoms. The van der Waals surface area contributed by atoms with Gasteiger partial charge in [0.2, 0.25) is 0 Å². The summed E-state index contributed by atoms with van der Waals surface area (Å²) in [7, 11) is 0. The van der Waals surface area contributed by atoms with Gasteiger partial charge >= 0.3 is 0 Å². The molecule has 1 aromatic heterocycles. The number of carbonyl (C=O) groups is 2. The minimum Gasteiger partial charge on any atom is -0.349 e. The predicted octanol–water partition coefficient (Wildman–Crippen LogP) is 4.91. The molecule has 4 rings (SSSR count). The van der Waals surface area contributed by atoms with Crippen molar-refractivity contribution in [3.63, 3.8) is 0 Å². The third kappa shape index (κ3) is 3.90.